The van der Waals surface area contributed by atoms with Crippen LogP contribution >= 0.6 is 0 Å². The molecule has 66 valence electrons. The van der Waals surface area contributed by atoms with Crippen LogP contribution in [0.5, 0.6) is 0 Å². The average Bonchev–Trinajstić information content (AvgIpc) is 2.01. The van der Waals surface area contributed by atoms with Gasteiger partial charge in [-0.15, -0.1) is 0 Å². The van der Waals surface area contributed by atoms with Crippen molar-refractivity contribution in [3.63, 3.8) is 0 Å². The maximum Gasteiger partial charge on any atom is 0.0525 e. The fraction of sp³-hybridized carbons (Fsp3) is 0.800. The molecule has 0 spiro atoms. The minimum absolute atomic E-state index is 0.630. The highest BCUT2D eigenvalue weighted by Gasteiger charge is 2.01. The Morgan fingerprint density at radius 2 is 2.18 bits per heavy atom. The van der Waals surface area contributed by atoms with Gasteiger partial charge in [-0.1, -0.05) is 31.9 Å². The van der Waals surface area contributed by atoms with Crippen LogP contribution in [0.2, 0.25) is 0 Å². The lowest BCUT2D eigenvalue weighted by molar-refractivity contribution is 0.165. The molecule has 0 bridgehead atoms. The standard InChI is InChI=1S/C10H20O/c1-4-6-8-10(7-5-2)9-11-3/h5,7,10H,4,6,8-9H2,1-3H3/b7-5+/t10-/m0/s1. The van der Waals surface area contributed by atoms with Crippen LogP contribution in [0.15, 0.2) is 12.2 Å². The zero-order chi connectivity index (χ0) is 8.53. The number of unbranched alkanes of at least 4 members (excludes halogenated alkanes) is 1. The van der Waals surface area contributed by atoms with Crippen molar-refractivity contribution >= 4 is 0 Å². The summed E-state index contributed by atoms with van der Waals surface area (Å²) in [7, 11) is 1.77. The number of allylic oxidation sites excluding steroid dienone is 1. The van der Waals surface area contributed by atoms with E-state index in [0.717, 1.165) is 6.61 Å². The van der Waals surface area contributed by atoms with Gasteiger partial charge in [-0.25, -0.2) is 0 Å². The van der Waals surface area contributed by atoms with Crippen molar-refractivity contribution in [2.24, 2.45) is 5.92 Å². The second-order valence-corrected chi connectivity index (χ2v) is 2.88. The quantitative estimate of drug-likeness (QED) is 0.537. The van der Waals surface area contributed by atoms with Crippen LogP contribution < -0.4 is 0 Å². The molecule has 0 saturated carbocycles. The highest BCUT2D eigenvalue weighted by Crippen LogP contribution is 2.10. The Kier molecular flexibility index (Phi) is 7.59. The molecule has 0 aliphatic rings. The van der Waals surface area contributed by atoms with Crippen LogP contribution in [0.3, 0.4) is 0 Å². The largest absolute Gasteiger partial charge is 0.384 e. The first-order valence-electron chi connectivity index (χ1n) is 4.46. The normalized spacial score (nSPS) is 14.1. The van der Waals surface area contributed by atoms with Crippen molar-refractivity contribution in [1.82, 2.24) is 0 Å². The third-order valence-corrected chi connectivity index (χ3v) is 1.77. The summed E-state index contributed by atoms with van der Waals surface area (Å²) in [5.41, 5.74) is 0. The zero-order valence-corrected chi connectivity index (χ0v) is 7.97. The van der Waals surface area contributed by atoms with Crippen LogP contribution in [0, 0.1) is 5.92 Å². The van der Waals surface area contributed by atoms with E-state index in [1.807, 2.05) is 0 Å². The summed E-state index contributed by atoms with van der Waals surface area (Å²) in [6.45, 7) is 5.15. The molecule has 0 aromatic heterocycles. The van der Waals surface area contributed by atoms with Crippen LogP contribution in [0.25, 0.3) is 0 Å². The predicted molar refractivity (Wildman–Crippen MR) is 49.7 cm³/mol. The summed E-state index contributed by atoms with van der Waals surface area (Å²) in [6, 6.07) is 0. The first kappa shape index (κ1) is 10.7. The SMILES string of the molecule is C/C=C/[C@@H](CCCC)COC. The summed E-state index contributed by atoms with van der Waals surface area (Å²) in [6.07, 6.45) is 8.18. The molecule has 0 unspecified atom stereocenters. The molecule has 0 N–H and O–H groups in total. The van der Waals surface area contributed by atoms with E-state index in [1.165, 1.54) is 19.3 Å². The lowest BCUT2D eigenvalue weighted by atomic mass is 10.0. The van der Waals surface area contributed by atoms with Gasteiger partial charge in [0.15, 0.2) is 0 Å². The lowest BCUT2D eigenvalue weighted by Crippen LogP contribution is -2.04. The van der Waals surface area contributed by atoms with Crippen LogP contribution in [0.4, 0.5) is 0 Å². The van der Waals surface area contributed by atoms with Crippen molar-refractivity contribution in [2.75, 3.05) is 13.7 Å². The summed E-state index contributed by atoms with van der Waals surface area (Å²) in [5.74, 6) is 0.630. The van der Waals surface area contributed by atoms with E-state index < -0.39 is 0 Å². The second kappa shape index (κ2) is 7.80. The molecule has 0 heterocycles. The minimum atomic E-state index is 0.630. The van der Waals surface area contributed by atoms with E-state index in [0.29, 0.717) is 5.92 Å². The number of rotatable bonds is 6. The van der Waals surface area contributed by atoms with E-state index in [2.05, 4.69) is 26.0 Å². The van der Waals surface area contributed by atoms with Crippen molar-refractivity contribution in [3.8, 4) is 0 Å². The number of ether oxygens (including phenoxy) is 1. The van der Waals surface area contributed by atoms with Crippen molar-refractivity contribution in [3.05, 3.63) is 12.2 Å². The van der Waals surface area contributed by atoms with Crippen LogP contribution in [-0.2, 0) is 4.74 Å². The Morgan fingerprint density at radius 3 is 2.64 bits per heavy atom. The Morgan fingerprint density at radius 1 is 1.45 bits per heavy atom. The molecule has 0 amide bonds. The number of hydrogen-bond acceptors (Lipinski definition) is 1. The molecule has 0 aliphatic heterocycles. The maximum absolute atomic E-state index is 5.10. The topological polar surface area (TPSA) is 9.23 Å². The van der Waals surface area contributed by atoms with Gasteiger partial charge in [0.2, 0.25) is 0 Å². The predicted octanol–water partition coefficient (Wildman–Crippen LogP) is 3.02. The first-order valence-corrected chi connectivity index (χ1v) is 4.46. The maximum atomic E-state index is 5.10. The molecular weight excluding hydrogens is 136 g/mol. The molecule has 0 rings (SSSR count). The van der Waals surface area contributed by atoms with Gasteiger partial charge in [-0.05, 0) is 13.3 Å². The molecule has 0 radical (unpaired) electrons. The molecule has 0 aromatic rings. The van der Waals surface area contributed by atoms with Crippen LogP contribution in [-0.4, -0.2) is 13.7 Å². The van der Waals surface area contributed by atoms with Gasteiger partial charge in [0, 0.05) is 13.0 Å². The summed E-state index contributed by atoms with van der Waals surface area (Å²) >= 11 is 0. The lowest BCUT2D eigenvalue weighted by Gasteiger charge is -2.09. The summed E-state index contributed by atoms with van der Waals surface area (Å²) < 4.78 is 5.10. The van der Waals surface area contributed by atoms with E-state index in [-0.39, 0.29) is 0 Å². The van der Waals surface area contributed by atoms with Gasteiger partial charge in [0.25, 0.3) is 0 Å². The fourth-order valence-electron chi connectivity index (χ4n) is 1.19. The molecular formula is C10H20O. The van der Waals surface area contributed by atoms with Gasteiger partial charge < -0.3 is 4.74 Å². The minimum Gasteiger partial charge on any atom is -0.384 e. The van der Waals surface area contributed by atoms with Crippen molar-refractivity contribution in [1.29, 1.82) is 0 Å². The molecule has 0 fully saturated rings. The summed E-state index contributed by atoms with van der Waals surface area (Å²) in [5, 5.41) is 0. The second-order valence-electron chi connectivity index (χ2n) is 2.88. The molecule has 1 nitrogen and oxygen atoms in total. The van der Waals surface area contributed by atoms with Crippen molar-refractivity contribution < 1.29 is 4.74 Å². The number of hydrogen-bond donors (Lipinski definition) is 0. The summed E-state index contributed by atoms with van der Waals surface area (Å²) in [4.78, 5) is 0. The van der Waals surface area contributed by atoms with E-state index in [9.17, 15) is 0 Å². The van der Waals surface area contributed by atoms with E-state index in [1.54, 1.807) is 7.11 Å². The molecule has 0 saturated heterocycles. The highest BCUT2D eigenvalue weighted by molar-refractivity contribution is 4.85. The average molecular weight is 156 g/mol. The number of methoxy groups -OCH3 is 1. The van der Waals surface area contributed by atoms with Gasteiger partial charge in [-0.2, -0.15) is 0 Å². The molecule has 11 heavy (non-hydrogen) atoms. The molecule has 0 aliphatic carbocycles. The Hall–Kier alpha value is -0.300. The van der Waals surface area contributed by atoms with Gasteiger partial charge in [-0.3, -0.25) is 0 Å². The Labute approximate surface area is 70.4 Å². The zero-order valence-electron chi connectivity index (χ0n) is 7.97. The van der Waals surface area contributed by atoms with E-state index >= 15 is 0 Å². The molecule has 1 atom stereocenters. The van der Waals surface area contributed by atoms with Gasteiger partial charge >= 0.3 is 0 Å². The van der Waals surface area contributed by atoms with E-state index in [4.69, 9.17) is 4.74 Å². The third-order valence-electron chi connectivity index (χ3n) is 1.77. The Bertz CT molecular complexity index is 97.0. The van der Waals surface area contributed by atoms with Crippen molar-refractivity contribution in [2.45, 2.75) is 33.1 Å². The molecule has 1 heteroatoms. The highest BCUT2D eigenvalue weighted by atomic mass is 16.5. The Balaban J connectivity index is 3.51. The third kappa shape index (κ3) is 6.11. The smallest absolute Gasteiger partial charge is 0.0525 e. The first-order chi connectivity index (χ1) is 5.35. The van der Waals surface area contributed by atoms with Crippen LogP contribution in [0.1, 0.15) is 33.1 Å². The monoisotopic (exact) mass is 156 g/mol. The molecule has 0 aromatic carbocycles. The van der Waals surface area contributed by atoms with Gasteiger partial charge in [0.05, 0.1) is 6.61 Å². The van der Waals surface area contributed by atoms with Gasteiger partial charge in [0.1, 0.15) is 0 Å². The fourth-order valence-corrected chi connectivity index (χ4v) is 1.19.